The van der Waals surface area contributed by atoms with E-state index in [1.54, 1.807) is 12.1 Å². The van der Waals surface area contributed by atoms with Crippen LogP contribution in [0.15, 0.2) is 30.3 Å². The SMILES string of the molecule is [2H]C[C@@H](O)[C@@H](O)[C@H](O)CC(=O)Cc1ccccc1. The van der Waals surface area contributed by atoms with Crippen LogP contribution >= 0.6 is 0 Å². The van der Waals surface area contributed by atoms with Gasteiger partial charge in [0.1, 0.15) is 11.9 Å². The molecule has 0 saturated heterocycles. The highest BCUT2D eigenvalue weighted by Gasteiger charge is 2.23. The van der Waals surface area contributed by atoms with Gasteiger partial charge >= 0.3 is 0 Å². The molecule has 4 heteroatoms. The van der Waals surface area contributed by atoms with Crippen molar-refractivity contribution in [3.63, 3.8) is 0 Å². The molecule has 3 atom stereocenters. The average Bonchev–Trinajstić information content (AvgIpc) is 2.37. The number of rotatable bonds is 6. The van der Waals surface area contributed by atoms with E-state index in [1.165, 1.54) is 0 Å². The fourth-order valence-corrected chi connectivity index (χ4v) is 1.51. The lowest BCUT2D eigenvalue weighted by Gasteiger charge is -2.19. The smallest absolute Gasteiger partial charge is 0.139 e. The molecule has 0 aromatic heterocycles. The predicted octanol–water partition coefficient (Wildman–Crippen LogP) is 0.291. The summed E-state index contributed by atoms with van der Waals surface area (Å²) in [5, 5.41) is 28.2. The van der Waals surface area contributed by atoms with Crippen molar-refractivity contribution in [2.24, 2.45) is 0 Å². The van der Waals surface area contributed by atoms with E-state index in [9.17, 15) is 20.1 Å². The van der Waals surface area contributed by atoms with Gasteiger partial charge in [-0.2, -0.15) is 0 Å². The topological polar surface area (TPSA) is 77.8 Å². The highest BCUT2D eigenvalue weighted by Crippen LogP contribution is 2.08. The van der Waals surface area contributed by atoms with Crippen LogP contribution < -0.4 is 0 Å². The Balaban J connectivity index is 2.45. The summed E-state index contributed by atoms with van der Waals surface area (Å²) in [4.78, 5) is 11.6. The highest BCUT2D eigenvalue weighted by atomic mass is 16.4. The van der Waals surface area contributed by atoms with E-state index in [0.29, 0.717) is 0 Å². The average molecular weight is 239 g/mol. The van der Waals surface area contributed by atoms with Gasteiger partial charge in [-0.15, -0.1) is 0 Å². The van der Waals surface area contributed by atoms with Gasteiger partial charge in [-0.1, -0.05) is 30.3 Å². The third kappa shape index (κ3) is 4.65. The fourth-order valence-electron chi connectivity index (χ4n) is 1.51. The fraction of sp³-hybridized carbons (Fsp3) is 0.462. The van der Waals surface area contributed by atoms with E-state index >= 15 is 0 Å². The van der Waals surface area contributed by atoms with Crippen molar-refractivity contribution in [3.8, 4) is 0 Å². The Bertz CT molecular complexity index is 369. The molecular weight excluding hydrogens is 220 g/mol. The predicted molar refractivity (Wildman–Crippen MR) is 63.5 cm³/mol. The maximum atomic E-state index is 11.6. The van der Waals surface area contributed by atoms with Crippen molar-refractivity contribution >= 4 is 5.78 Å². The summed E-state index contributed by atoms with van der Waals surface area (Å²) in [6, 6.07) is 9.09. The standard InChI is InChI=1S/C13H18O4/c1-9(14)13(17)12(16)8-11(15)7-10-5-3-2-4-6-10/h2-6,9,12-14,16-17H,7-8H2,1H3/t9-,12-,13-/m1/s1/i1D. The van der Waals surface area contributed by atoms with Gasteiger partial charge in [0.15, 0.2) is 0 Å². The number of carbonyl (C=O) groups excluding carboxylic acids is 1. The molecule has 1 aromatic rings. The first-order valence-electron chi connectivity index (χ1n) is 6.14. The van der Waals surface area contributed by atoms with Crippen molar-refractivity contribution in [2.45, 2.75) is 38.1 Å². The highest BCUT2D eigenvalue weighted by molar-refractivity contribution is 5.81. The van der Waals surface area contributed by atoms with E-state index in [1.807, 2.05) is 18.2 Å². The molecule has 0 fully saturated rings. The molecule has 0 aliphatic heterocycles. The zero-order valence-corrected chi connectivity index (χ0v) is 9.49. The third-order valence-corrected chi connectivity index (χ3v) is 2.47. The number of hydrogen-bond acceptors (Lipinski definition) is 4. The van der Waals surface area contributed by atoms with Gasteiger partial charge in [0, 0.05) is 14.2 Å². The second-order valence-electron chi connectivity index (χ2n) is 4.03. The number of ketones is 1. The summed E-state index contributed by atoms with van der Waals surface area (Å²) in [6.45, 7) is -0.412. The minimum atomic E-state index is -1.46. The molecule has 94 valence electrons. The Morgan fingerprint density at radius 1 is 1.29 bits per heavy atom. The molecule has 0 spiro atoms. The monoisotopic (exact) mass is 239 g/mol. The summed E-state index contributed by atoms with van der Waals surface area (Å²) in [7, 11) is 0. The first-order valence-corrected chi connectivity index (χ1v) is 5.43. The summed E-state index contributed by atoms with van der Waals surface area (Å²) in [5.74, 6) is -0.218. The number of carbonyl (C=O) groups is 1. The minimum Gasteiger partial charge on any atom is -0.391 e. The lowest BCUT2D eigenvalue weighted by atomic mass is 10.00. The zero-order chi connectivity index (χ0) is 13.5. The first-order chi connectivity index (χ1) is 8.54. The largest absolute Gasteiger partial charge is 0.391 e. The van der Waals surface area contributed by atoms with E-state index in [-0.39, 0.29) is 18.6 Å². The van der Waals surface area contributed by atoms with E-state index < -0.39 is 25.2 Å². The lowest BCUT2D eigenvalue weighted by Crippen LogP contribution is -2.37. The molecule has 0 aliphatic carbocycles. The van der Waals surface area contributed by atoms with E-state index in [4.69, 9.17) is 1.37 Å². The molecule has 17 heavy (non-hydrogen) atoms. The molecular formula is C13H18O4. The Hall–Kier alpha value is -1.23. The normalized spacial score (nSPS) is 17.0. The molecule has 0 unspecified atom stereocenters. The maximum Gasteiger partial charge on any atom is 0.139 e. The number of hydrogen-bond donors (Lipinski definition) is 3. The zero-order valence-electron chi connectivity index (χ0n) is 10.5. The van der Waals surface area contributed by atoms with E-state index in [0.717, 1.165) is 5.56 Å². The van der Waals surface area contributed by atoms with Crippen LogP contribution in [-0.2, 0) is 11.2 Å². The van der Waals surface area contributed by atoms with Crippen LogP contribution in [0.4, 0.5) is 0 Å². The molecule has 3 N–H and O–H groups in total. The number of benzene rings is 1. The summed E-state index contributed by atoms with van der Waals surface area (Å²) >= 11 is 0. The van der Waals surface area contributed by atoms with Crippen LogP contribution in [-0.4, -0.2) is 39.4 Å². The van der Waals surface area contributed by atoms with Gasteiger partial charge in [-0.05, 0) is 12.5 Å². The quantitative estimate of drug-likeness (QED) is 0.667. The van der Waals surface area contributed by atoms with Crippen LogP contribution in [0.3, 0.4) is 0 Å². The molecule has 4 nitrogen and oxygen atoms in total. The van der Waals surface area contributed by atoms with Gasteiger partial charge < -0.3 is 15.3 Å². The first kappa shape index (κ1) is 12.2. The van der Waals surface area contributed by atoms with Gasteiger partial charge in [0.25, 0.3) is 0 Å². The van der Waals surface area contributed by atoms with Crippen molar-refractivity contribution in [1.82, 2.24) is 0 Å². The molecule has 1 rings (SSSR count). The van der Waals surface area contributed by atoms with Gasteiger partial charge in [-0.3, -0.25) is 4.79 Å². The summed E-state index contributed by atoms with van der Waals surface area (Å²) in [6.07, 6.45) is -4.16. The Labute approximate surface area is 102 Å². The van der Waals surface area contributed by atoms with Crippen LogP contribution in [0.25, 0.3) is 0 Å². The maximum absolute atomic E-state index is 11.6. The van der Waals surface area contributed by atoms with Crippen molar-refractivity contribution in [1.29, 1.82) is 0 Å². The van der Waals surface area contributed by atoms with Gasteiger partial charge in [0.05, 0.1) is 12.2 Å². The van der Waals surface area contributed by atoms with E-state index in [2.05, 4.69) is 0 Å². The molecule has 0 amide bonds. The Morgan fingerprint density at radius 2 is 1.94 bits per heavy atom. The second kappa shape index (κ2) is 6.49. The molecule has 0 radical (unpaired) electrons. The number of aliphatic hydroxyl groups is 3. The Morgan fingerprint density at radius 3 is 2.53 bits per heavy atom. The van der Waals surface area contributed by atoms with Crippen LogP contribution in [0.1, 0.15) is 20.3 Å². The van der Waals surface area contributed by atoms with Crippen molar-refractivity contribution in [2.75, 3.05) is 0 Å². The number of Topliss-reactive ketones (excluding diaryl/α,β-unsaturated/α-hetero) is 1. The van der Waals surface area contributed by atoms with Crippen LogP contribution in [0, 0.1) is 0 Å². The van der Waals surface area contributed by atoms with Gasteiger partial charge in [-0.25, -0.2) is 0 Å². The van der Waals surface area contributed by atoms with Crippen molar-refractivity contribution < 1.29 is 21.5 Å². The Kier molecular flexibility index (Phi) is 4.67. The third-order valence-electron chi connectivity index (χ3n) is 2.47. The molecule has 0 bridgehead atoms. The van der Waals surface area contributed by atoms with Crippen LogP contribution in [0.2, 0.25) is 0 Å². The van der Waals surface area contributed by atoms with Crippen LogP contribution in [0.5, 0.6) is 0 Å². The molecule has 1 aromatic carbocycles. The molecule has 0 heterocycles. The minimum absolute atomic E-state index is 0.182. The van der Waals surface area contributed by atoms with Gasteiger partial charge in [0.2, 0.25) is 0 Å². The molecule has 0 aliphatic rings. The second-order valence-corrected chi connectivity index (χ2v) is 4.03. The summed E-state index contributed by atoms with van der Waals surface area (Å²) < 4.78 is 6.89. The number of aliphatic hydroxyl groups excluding tert-OH is 3. The molecule has 0 saturated carbocycles. The van der Waals surface area contributed by atoms with Crippen molar-refractivity contribution in [3.05, 3.63) is 35.9 Å². The lowest BCUT2D eigenvalue weighted by molar-refractivity contribution is -0.124. The summed E-state index contributed by atoms with van der Waals surface area (Å²) in [5.41, 5.74) is 0.838.